The second-order valence-electron chi connectivity index (χ2n) is 7.48. The first-order valence-electron chi connectivity index (χ1n) is 9.39. The molecule has 2 aromatic carbocycles. The number of sulfonamides is 1. The zero-order chi connectivity index (χ0) is 19.9. The van der Waals surface area contributed by atoms with Gasteiger partial charge in [0.25, 0.3) is 15.9 Å². The van der Waals surface area contributed by atoms with Crippen LogP contribution in [-0.4, -0.2) is 38.0 Å². The number of benzene rings is 2. The summed E-state index contributed by atoms with van der Waals surface area (Å²) in [7, 11) is -3.44. The molecular weight excluding hydrogens is 382 g/mol. The van der Waals surface area contributed by atoms with Crippen LogP contribution in [0.1, 0.15) is 41.0 Å². The molecule has 0 aromatic heterocycles. The van der Waals surface area contributed by atoms with E-state index in [1.807, 2.05) is 11.8 Å². The van der Waals surface area contributed by atoms with Crippen molar-refractivity contribution in [2.24, 2.45) is 4.40 Å². The van der Waals surface area contributed by atoms with Gasteiger partial charge in [-0.05, 0) is 25.3 Å². The highest BCUT2D eigenvalue weighted by molar-refractivity contribution is 7.90. The first-order chi connectivity index (χ1) is 13.3. The standard InChI is InChI=1S/C21H22F2N2O2S/c1-15-4-8-17(9-5-15)21(22,23)18-10-6-16(7-11-18)19-3-2-12-25-13-14-28(26,27)24-20(19)25/h4-11,19H,2-3,12-14H2,1H3. The van der Waals surface area contributed by atoms with Gasteiger partial charge in [0.1, 0.15) is 5.84 Å². The van der Waals surface area contributed by atoms with Crippen LogP contribution in [0.25, 0.3) is 0 Å². The average Bonchev–Trinajstić information content (AvgIpc) is 2.67. The van der Waals surface area contributed by atoms with Crippen LogP contribution in [0, 0.1) is 6.92 Å². The Labute approximate surface area is 164 Å². The number of rotatable bonds is 3. The molecule has 0 radical (unpaired) electrons. The van der Waals surface area contributed by atoms with Gasteiger partial charge < -0.3 is 4.90 Å². The van der Waals surface area contributed by atoms with E-state index in [1.54, 1.807) is 24.3 Å². The number of piperidine rings is 1. The summed E-state index contributed by atoms with van der Waals surface area (Å²) in [5.41, 5.74) is 1.63. The number of nitrogens with zero attached hydrogens (tertiary/aromatic N) is 2. The number of aryl methyl sites for hydroxylation is 1. The lowest BCUT2D eigenvalue weighted by molar-refractivity contribution is 0.0428. The fraction of sp³-hybridized carbons (Fsp3) is 0.381. The maximum Gasteiger partial charge on any atom is 0.298 e. The van der Waals surface area contributed by atoms with Crippen molar-refractivity contribution in [1.82, 2.24) is 4.90 Å². The predicted molar refractivity (Wildman–Crippen MR) is 105 cm³/mol. The van der Waals surface area contributed by atoms with Gasteiger partial charge in [0.2, 0.25) is 0 Å². The number of fused-ring (bicyclic) bond motifs is 1. The highest BCUT2D eigenvalue weighted by Gasteiger charge is 2.36. The maximum atomic E-state index is 14.9. The van der Waals surface area contributed by atoms with Crippen LogP contribution < -0.4 is 0 Å². The van der Waals surface area contributed by atoms with Crippen LogP contribution in [0.15, 0.2) is 52.9 Å². The van der Waals surface area contributed by atoms with Crippen molar-refractivity contribution in [1.29, 1.82) is 0 Å². The molecule has 28 heavy (non-hydrogen) atoms. The van der Waals surface area contributed by atoms with E-state index in [0.717, 1.165) is 30.5 Å². The van der Waals surface area contributed by atoms with Crippen molar-refractivity contribution in [3.8, 4) is 0 Å². The first-order valence-corrected chi connectivity index (χ1v) is 11.0. The van der Waals surface area contributed by atoms with E-state index in [4.69, 9.17) is 0 Å². The molecular formula is C21H22F2N2O2S. The predicted octanol–water partition coefficient (Wildman–Crippen LogP) is 4.06. The van der Waals surface area contributed by atoms with Crippen LogP contribution in [0.4, 0.5) is 8.78 Å². The van der Waals surface area contributed by atoms with E-state index < -0.39 is 15.9 Å². The lowest BCUT2D eigenvalue weighted by atomic mass is 9.88. The normalized spacial score (nSPS) is 21.8. The number of amidine groups is 1. The Morgan fingerprint density at radius 1 is 1.00 bits per heavy atom. The fourth-order valence-corrected chi connectivity index (χ4v) is 4.95. The molecule has 2 aliphatic heterocycles. The van der Waals surface area contributed by atoms with E-state index in [2.05, 4.69) is 4.40 Å². The van der Waals surface area contributed by atoms with Crippen molar-refractivity contribution in [2.45, 2.75) is 31.6 Å². The topological polar surface area (TPSA) is 49.7 Å². The molecule has 1 unspecified atom stereocenters. The quantitative estimate of drug-likeness (QED) is 0.775. The molecule has 148 valence electrons. The number of hydrogen-bond acceptors (Lipinski definition) is 3. The van der Waals surface area contributed by atoms with Gasteiger partial charge in [-0.1, -0.05) is 54.1 Å². The van der Waals surface area contributed by atoms with E-state index in [0.29, 0.717) is 12.4 Å². The summed E-state index contributed by atoms with van der Waals surface area (Å²) in [4.78, 5) is 2.00. The Bertz CT molecular complexity index is 1000. The number of halogens is 2. The van der Waals surface area contributed by atoms with Gasteiger partial charge >= 0.3 is 0 Å². The van der Waals surface area contributed by atoms with Gasteiger partial charge in [-0.15, -0.1) is 4.40 Å². The molecule has 4 nitrogen and oxygen atoms in total. The third-order valence-electron chi connectivity index (χ3n) is 5.50. The molecule has 2 heterocycles. The smallest absolute Gasteiger partial charge is 0.298 e. The van der Waals surface area contributed by atoms with Crippen molar-refractivity contribution < 1.29 is 17.2 Å². The summed E-state index contributed by atoms with van der Waals surface area (Å²) in [5.74, 6) is -2.68. The van der Waals surface area contributed by atoms with Gasteiger partial charge in [0, 0.05) is 30.1 Å². The molecule has 2 aliphatic rings. The third kappa shape index (κ3) is 3.55. The summed E-state index contributed by atoms with van der Waals surface area (Å²) >= 11 is 0. The minimum absolute atomic E-state index is 0.0327. The van der Waals surface area contributed by atoms with E-state index in [1.165, 1.54) is 24.3 Å². The van der Waals surface area contributed by atoms with Crippen molar-refractivity contribution >= 4 is 15.9 Å². The lowest BCUT2D eigenvalue weighted by Crippen LogP contribution is -2.46. The van der Waals surface area contributed by atoms with Crippen LogP contribution in [0.2, 0.25) is 0 Å². The Kier molecular flexibility index (Phi) is 4.73. The Morgan fingerprint density at radius 2 is 1.61 bits per heavy atom. The SMILES string of the molecule is Cc1ccc(C(F)(F)c2ccc(C3CCCN4CCS(=O)(=O)N=C34)cc2)cc1. The number of alkyl halides is 2. The second-order valence-corrected chi connectivity index (χ2v) is 9.23. The van der Waals surface area contributed by atoms with Gasteiger partial charge in [0.05, 0.1) is 5.75 Å². The summed E-state index contributed by atoms with van der Waals surface area (Å²) in [5, 5.41) is 0. The van der Waals surface area contributed by atoms with Crippen LogP contribution >= 0.6 is 0 Å². The fourth-order valence-electron chi connectivity index (χ4n) is 3.88. The minimum Gasteiger partial charge on any atom is -0.358 e. The molecule has 4 rings (SSSR count). The summed E-state index contributed by atoms with van der Waals surface area (Å²) in [6.45, 7) is 3.09. The van der Waals surface area contributed by atoms with E-state index >= 15 is 0 Å². The first kappa shape index (κ1) is 19.1. The third-order valence-corrected chi connectivity index (χ3v) is 6.66. The monoisotopic (exact) mass is 404 g/mol. The highest BCUT2D eigenvalue weighted by atomic mass is 32.2. The van der Waals surface area contributed by atoms with Crippen LogP contribution in [0.5, 0.6) is 0 Å². The molecule has 1 saturated heterocycles. The molecule has 0 amide bonds. The minimum atomic E-state index is -3.44. The molecule has 2 aromatic rings. The Balaban J connectivity index is 1.64. The Hall–Kier alpha value is -2.28. The highest BCUT2D eigenvalue weighted by Crippen LogP contribution is 2.37. The van der Waals surface area contributed by atoms with Gasteiger partial charge in [-0.3, -0.25) is 0 Å². The van der Waals surface area contributed by atoms with Crippen LogP contribution in [0.3, 0.4) is 0 Å². The summed E-state index contributed by atoms with van der Waals surface area (Å²) in [6, 6.07) is 12.5. The lowest BCUT2D eigenvalue weighted by Gasteiger charge is -2.37. The molecule has 7 heteroatoms. The molecule has 0 aliphatic carbocycles. The molecule has 1 atom stereocenters. The number of hydrogen-bond donors (Lipinski definition) is 0. The summed E-state index contributed by atoms with van der Waals surface area (Å²) in [6.07, 6.45) is 1.68. The van der Waals surface area contributed by atoms with Crippen molar-refractivity contribution in [3.05, 3.63) is 70.8 Å². The van der Waals surface area contributed by atoms with Crippen LogP contribution in [-0.2, 0) is 15.9 Å². The molecule has 0 spiro atoms. The zero-order valence-corrected chi connectivity index (χ0v) is 16.4. The second kappa shape index (κ2) is 6.95. The van der Waals surface area contributed by atoms with Crippen molar-refractivity contribution in [3.63, 3.8) is 0 Å². The largest absolute Gasteiger partial charge is 0.358 e. The average molecular weight is 404 g/mol. The molecule has 0 saturated carbocycles. The summed E-state index contributed by atoms with van der Waals surface area (Å²) < 4.78 is 57.6. The van der Waals surface area contributed by atoms with Gasteiger partial charge in [-0.25, -0.2) is 8.42 Å². The molecule has 0 N–H and O–H groups in total. The molecule has 1 fully saturated rings. The van der Waals surface area contributed by atoms with Gasteiger partial charge in [0.15, 0.2) is 0 Å². The Morgan fingerprint density at radius 3 is 2.25 bits per heavy atom. The van der Waals surface area contributed by atoms with E-state index in [-0.39, 0.29) is 22.8 Å². The maximum absolute atomic E-state index is 14.9. The van der Waals surface area contributed by atoms with E-state index in [9.17, 15) is 17.2 Å². The van der Waals surface area contributed by atoms with Gasteiger partial charge in [-0.2, -0.15) is 8.78 Å². The zero-order valence-electron chi connectivity index (χ0n) is 15.6. The van der Waals surface area contributed by atoms with Crippen molar-refractivity contribution in [2.75, 3.05) is 18.8 Å². The molecule has 0 bridgehead atoms.